The topological polar surface area (TPSA) is 52.8 Å². The first-order valence-corrected chi connectivity index (χ1v) is 10.3. The molecule has 1 aliphatic heterocycles. The predicted molar refractivity (Wildman–Crippen MR) is 124 cm³/mol. The largest absolute Gasteiger partial charge is 0.469 e. The molecule has 150 valence electrons. The highest BCUT2D eigenvalue weighted by Crippen LogP contribution is 2.18. The van der Waals surface area contributed by atoms with Gasteiger partial charge in [0.1, 0.15) is 5.76 Å². The van der Waals surface area contributed by atoms with E-state index in [0.29, 0.717) is 24.5 Å². The van der Waals surface area contributed by atoms with E-state index in [9.17, 15) is 0 Å². The zero-order valence-corrected chi connectivity index (χ0v) is 19.5. The van der Waals surface area contributed by atoms with Crippen molar-refractivity contribution < 1.29 is 4.42 Å². The Morgan fingerprint density at radius 3 is 2.81 bits per heavy atom. The van der Waals surface area contributed by atoms with Crippen LogP contribution in [0.25, 0.3) is 0 Å². The Balaban J connectivity index is 0.00000261. The van der Waals surface area contributed by atoms with Crippen LogP contribution in [0.4, 0.5) is 0 Å². The number of likely N-dealkylation sites (tertiary alicyclic amines) is 1. The van der Waals surface area contributed by atoms with Crippen LogP contribution in [0, 0.1) is 5.92 Å². The lowest BCUT2D eigenvalue weighted by atomic mass is 10.1. The zero-order valence-electron chi connectivity index (χ0n) is 16.4. The first-order chi connectivity index (χ1) is 12.6. The number of aliphatic imine (C=N–C) groups is 1. The van der Waals surface area contributed by atoms with Crippen LogP contribution in [-0.2, 0) is 13.0 Å². The lowest BCUT2D eigenvalue weighted by molar-refractivity contribution is 0.265. The van der Waals surface area contributed by atoms with Crippen LogP contribution in [0.5, 0.6) is 0 Å². The van der Waals surface area contributed by atoms with Gasteiger partial charge in [-0.25, -0.2) is 4.99 Å². The van der Waals surface area contributed by atoms with Gasteiger partial charge in [0, 0.05) is 43.0 Å². The number of thiophene rings is 1. The summed E-state index contributed by atoms with van der Waals surface area (Å²) < 4.78 is 5.42. The number of guanidine groups is 1. The molecule has 3 rings (SSSR count). The molecule has 2 aromatic rings. The maximum absolute atomic E-state index is 5.42. The van der Waals surface area contributed by atoms with Crippen molar-refractivity contribution in [3.05, 3.63) is 46.5 Å². The van der Waals surface area contributed by atoms with Crippen LogP contribution >= 0.6 is 35.3 Å². The van der Waals surface area contributed by atoms with Gasteiger partial charge in [-0.15, -0.1) is 35.3 Å². The first-order valence-electron chi connectivity index (χ1n) is 9.45. The van der Waals surface area contributed by atoms with E-state index in [1.54, 1.807) is 17.6 Å². The Kier molecular flexibility index (Phi) is 9.11. The molecule has 2 atom stereocenters. The van der Waals surface area contributed by atoms with Crippen LogP contribution in [0.1, 0.15) is 31.4 Å². The third kappa shape index (κ3) is 6.80. The summed E-state index contributed by atoms with van der Waals surface area (Å²) in [5, 5.41) is 9.24. The number of rotatable bonds is 7. The second-order valence-electron chi connectivity index (χ2n) is 7.28. The summed E-state index contributed by atoms with van der Waals surface area (Å²) in [4.78, 5) is 8.62. The monoisotopic (exact) mass is 502 g/mol. The van der Waals surface area contributed by atoms with Gasteiger partial charge in [-0.1, -0.05) is 13.0 Å². The number of halogens is 1. The summed E-state index contributed by atoms with van der Waals surface area (Å²) in [5.74, 6) is 2.50. The van der Waals surface area contributed by atoms with Crippen LogP contribution in [0.3, 0.4) is 0 Å². The molecule has 1 fully saturated rings. The summed E-state index contributed by atoms with van der Waals surface area (Å²) >= 11 is 1.75. The van der Waals surface area contributed by atoms with Crippen molar-refractivity contribution in [1.29, 1.82) is 0 Å². The normalized spacial score (nSPS) is 20.7. The van der Waals surface area contributed by atoms with Crippen molar-refractivity contribution in [1.82, 2.24) is 15.5 Å². The average molecular weight is 502 g/mol. The van der Waals surface area contributed by atoms with E-state index in [4.69, 9.17) is 9.41 Å². The van der Waals surface area contributed by atoms with Gasteiger partial charge in [0.15, 0.2) is 5.96 Å². The van der Waals surface area contributed by atoms with E-state index in [-0.39, 0.29) is 24.0 Å². The Hall–Kier alpha value is -1.06. The molecule has 2 aromatic heterocycles. The van der Waals surface area contributed by atoms with Gasteiger partial charge in [0.2, 0.25) is 0 Å². The van der Waals surface area contributed by atoms with E-state index in [1.807, 2.05) is 12.1 Å². The van der Waals surface area contributed by atoms with Crippen LogP contribution in [0.2, 0.25) is 0 Å². The fourth-order valence-corrected chi connectivity index (χ4v) is 3.89. The van der Waals surface area contributed by atoms with Gasteiger partial charge in [-0.3, -0.25) is 4.90 Å². The molecule has 1 saturated heterocycles. The van der Waals surface area contributed by atoms with Crippen LogP contribution in [0.15, 0.2) is 45.3 Å². The minimum atomic E-state index is 0. The molecule has 0 amide bonds. The Labute approximate surface area is 183 Å². The van der Waals surface area contributed by atoms with Gasteiger partial charge >= 0.3 is 0 Å². The van der Waals surface area contributed by atoms with E-state index < -0.39 is 0 Å². The molecule has 0 radical (unpaired) electrons. The molecule has 0 aromatic carbocycles. The second kappa shape index (κ2) is 11.1. The highest BCUT2D eigenvalue weighted by molar-refractivity contribution is 14.0. The van der Waals surface area contributed by atoms with Gasteiger partial charge < -0.3 is 15.1 Å². The predicted octanol–water partition coefficient (Wildman–Crippen LogP) is 3.97. The highest BCUT2D eigenvalue weighted by Gasteiger charge is 2.31. The lowest BCUT2D eigenvalue weighted by Gasteiger charge is -2.22. The van der Waals surface area contributed by atoms with E-state index in [0.717, 1.165) is 37.8 Å². The molecule has 0 bridgehead atoms. The number of nitrogens with zero attached hydrogens (tertiary/aromatic N) is 2. The molecule has 0 saturated carbocycles. The maximum Gasteiger partial charge on any atom is 0.191 e. The third-order valence-electron chi connectivity index (χ3n) is 4.91. The summed E-state index contributed by atoms with van der Waals surface area (Å²) in [7, 11) is 0. The molecular weight excluding hydrogens is 471 g/mol. The van der Waals surface area contributed by atoms with Gasteiger partial charge in [0.05, 0.1) is 12.8 Å². The van der Waals surface area contributed by atoms with Crippen molar-refractivity contribution in [3.63, 3.8) is 0 Å². The van der Waals surface area contributed by atoms with Crippen molar-refractivity contribution in [2.24, 2.45) is 10.9 Å². The highest BCUT2D eigenvalue weighted by atomic mass is 127. The standard InChI is InChI=1S/C20H30N4OS.HI/c1-15(2)24-13-16(3)19(14-24)23-20(22-12-18-7-5-11-26-18)21-9-8-17-6-4-10-25-17;/h4-7,10-11,15-16,19H,8-9,12-14H2,1-3H3,(H2,21,22,23);1H. The zero-order chi connectivity index (χ0) is 18.4. The second-order valence-corrected chi connectivity index (χ2v) is 8.31. The Bertz CT molecular complexity index is 672. The fourth-order valence-electron chi connectivity index (χ4n) is 3.26. The van der Waals surface area contributed by atoms with Gasteiger partial charge in [-0.05, 0) is 43.3 Å². The number of hydrogen-bond acceptors (Lipinski definition) is 4. The maximum atomic E-state index is 5.42. The van der Waals surface area contributed by atoms with E-state index >= 15 is 0 Å². The Morgan fingerprint density at radius 2 is 2.19 bits per heavy atom. The van der Waals surface area contributed by atoms with Crippen LogP contribution in [-0.4, -0.2) is 42.6 Å². The average Bonchev–Trinajstić information content (AvgIpc) is 3.35. The molecular formula is C20H31IN4OS. The molecule has 7 heteroatoms. The minimum Gasteiger partial charge on any atom is -0.469 e. The molecule has 27 heavy (non-hydrogen) atoms. The van der Waals surface area contributed by atoms with Gasteiger partial charge in [0.25, 0.3) is 0 Å². The summed E-state index contributed by atoms with van der Waals surface area (Å²) in [5.41, 5.74) is 0. The molecule has 0 spiro atoms. The fraction of sp³-hybridized carbons (Fsp3) is 0.550. The van der Waals surface area contributed by atoms with Crippen molar-refractivity contribution in [2.45, 2.75) is 45.8 Å². The summed E-state index contributed by atoms with van der Waals surface area (Å²) in [6, 6.07) is 9.16. The summed E-state index contributed by atoms with van der Waals surface area (Å²) in [6.07, 6.45) is 2.57. The molecule has 0 aliphatic carbocycles. The third-order valence-corrected chi connectivity index (χ3v) is 5.77. The molecule has 5 nitrogen and oxygen atoms in total. The Morgan fingerprint density at radius 1 is 1.33 bits per heavy atom. The van der Waals surface area contributed by atoms with Crippen molar-refractivity contribution in [3.8, 4) is 0 Å². The van der Waals surface area contributed by atoms with Crippen molar-refractivity contribution in [2.75, 3.05) is 19.6 Å². The number of furan rings is 1. The number of hydrogen-bond donors (Lipinski definition) is 2. The first kappa shape index (κ1) is 22.2. The minimum absolute atomic E-state index is 0. The molecule has 3 heterocycles. The smallest absolute Gasteiger partial charge is 0.191 e. The quantitative estimate of drug-likeness (QED) is 0.342. The number of nitrogens with one attached hydrogen (secondary N) is 2. The molecule has 2 N–H and O–H groups in total. The lowest BCUT2D eigenvalue weighted by Crippen LogP contribution is -2.47. The van der Waals surface area contributed by atoms with Gasteiger partial charge in [-0.2, -0.15) is 0 Å². The van der Waals surface area contributed by atoms with Crippen molar-refractivity contribution >= 4 is 41.3 Å². The van der Waals surface area contributed by atoms with E-state index in [2.05, 4.69) is 53.8 Å². The SMILES string of the molecule is CC1CN(C(C)C)CC1NC(=NCc1cccs1)NCCc1ccco1.I. The summed E-state index contributed by atoms with van der Waals surface area (Å²) in [6.45, 7) is 10.6. The molecule has 2 unspecified atom stereocenters. The molecule has 1 aliphatic rings. The van der Waals surface area contributed by atoms with E-state index in [1.165, 1.54) is 4.88 Å². The van der Waals surface area contributed by atoms with Crippen LogP contribution < -0.4 is 10.6 Å².